The van der Waals surface area contributed by atoms with Crippen LogP contribution in [0.15, 0.2) is 23.0 Å². The summed E-state index contributed by atoms with van der Waals surface area (Å²) < 4.78 is 7.54. The Morgan fingerprint density at radius 3 is 2.75 bits per heavy atom. The van der Waals surface area contributed by atoms with Gasteiger partial charge in [-0.25, -0.2) is 4.98 Å². The van der Waals surface area contributed by atoms with Gasteiger partial charge in [0.1, 0.15) is 11.4 Å². The second kappa shape index (κ2) is 4.95. The summed E-state index contributed by atoms with van der Waals surface area (Å²) in [6.07, 6.45) is 9.91. The van der Waals surface area contributed by atoms with E-state index >= 15 is 0 Å². The van der Waals surface area contributed by atoms with E-state index in [9.17, 15) is 0 Å². The molecule has 0 radical (unpaired) electrons. The molecule has 24 heavy (non-hydrogen) atoms. The predicted molar refractivity (Wildman–Crippen MR) is 93.9 cm³/mol. The SMILES string of the molecule is Cc1noc(C)c1-c1cnc2c(c1)c(C1CC3CCC1C3)cn2C. The zero-order valence-electron chi connectivity index (χ0n) is 14.5. The van der Waals surface area contributed by atoms with Crippen molar-refractivity contribution in [2.45, 2.75) is 45.4 Å². The molecule has 0 aromatic carbocycles. The average molecular weight is 321 g/mol. The summed E-state index contributed by atoms with van der Waals surface area (Å²) in [7, 11) is 2.11. The Balaban J connectivity index is 1.67. The van der Waals surface area contributed by atoms with Crippen LogP contribution in [0.2, 0.25) is 0 Å². The lowest BCUT2D eigenvalue weighted by molar-refractivity contribution is 0.393. The van der Waals surface area contributed by atoms with Gasteiger partial charge in [-0.3, -0.25) is 0 Å². The molecule has 2 aliphatic carbocycles. The average Bonchev–Trinajstić information content (AvgIpc) is 3.32. The molecule has 124 valence electrons. The third kappa shape index (κ3) is 1.92. The van der Waals surface area contributed by atoms with E-state index in [0.29, 0.717) is 5.92 Å². The van der Waals surface area contributed by atoms with Crippen molar-refractivity contribution >= 4 is 11.0 Å². The largest absolute Gasteiger partial charge is 0.361 e. The minimum absolute atomic E-state index is 0.717. The number of aryl methyl sites for hydroxylation is 3. The molecule has 3 heterocycles. The van der Waals surface area contributed by atoms with Crippen LogP contribution in [0.3, 0.4) is 0 Å². The Kier molecular flexibility index (Phi) is 2.94. The second-order valence-corrected chi connectivity index (χ2v) is 7.77. The lowest BCUT2D eigenvalue weighted by atomic mass is 9.83. The van der Waals surface area contributed by atoms with Crippen molar-refractivity contribution < 1.29 is 4.52 Å². The molecule has 3 atom stereocenters. The maximum Gasteiger partial charge on any atom is 0.141 e. The molecule has 0 saturated heterocycles. The van der Waals surface area contributed by atoms with Gasteiger partial charge in [-0.15, -0.1) is 0 Å². The number of fused-ring (bicyclic) bond motifs is 3. The molecule has 0 N–H and O–H groups in total. The molecule has 2 bridgehead atoms. The molecule has 2 aliphatic rings. The molecule has 4 heteroatoms. The molecule has 3 aromatic heterocycles. The molecule has 2 saturated carbocycles. The highest BCUT2D eigenvalue weighted by Gasteiger charge is 2.41. The first-order chi connectivity index (χ1) is 11.6. The Labute approximate surface area is 141 Å². The molecule has 3 aromatic rings. The van der Waals surface area contributed by atoms with Crippen LogP contribution in [0, 0.1) is 25.7 Å². The summed E-state index contributed by atoms with van der Waals surface area (Å²) in [6, 6.07) is 2.30. The monoisotopic (exact) mass is 321 g/mol. The Bertz CT molecular complexity index is 916. The normalized spacial score (nSPS) is 25.9. The lowest BCUT2D eigenvalue weighted by Crippen LogP contribution is -2.08. The van der Waals surface area contributed by atoms with Crippen molar-refractivity contribution in [2.24, 2.45) is 18.9 Å². The molecule has 2 fully saturated rings. The number of rotatable bonds is 2. The number of pyridine rings is 1. The molecule has 0 aliphatic heterocycles. The third-order valence-electron chi connectivity index (χ3n) is 6.30. The highest BCUT2D eigenvalue weighted by molar-refractivity contribution is 5.86. The van der Waals surface area contributed by atoms with E-state index in [1.54, 1.807) is 0 Å². The predicted octanol–water partition coefficient (Wildman–Crippen LogP) is 4.75. The molecule has 0 amide bonds. The summed E-state index contributed by atoms with van der Waals surface area (Å²) in [5.74, 6) is 3.41. The fraction of sp³-hybridized carbons (Fsp3) is 0.500. The smallest absolute Gasteiger partial charge is 0.141 e. The van der Waals surface area contributed by atoms with Gasteiger partial charge in [0.15, 0.2) is 0 Å². The van der Waals surface area contributed by atoms with Crippen LogP contribution >= 0.6 is 0 Å². The Hall–Kier alpha value is -2.10. The molecule has 5 rings (SSSR count). The number of hydrogen-bond acceptors (Lipinski definition) is 3. The van der Waals surface area contributed by atoms with Crippen LogP contribution in [-0.2, 0) is 7.05 Å². The van der Waals surface area contributed by atoms with Gasteiger partial charge in [0.25, 0.3) is 0 Å². The molecule has 4 nitrogen and oxygen atoms in total. The number of aromatic nitrogens is 3. The van der Waals surface area contributed by atoms with Gasteiger partial charge >= 0.3 is 0 Å². The minimum atomic E-state index is 0.717. The van der Waals surface area contributed by atoms with Crippen molar-refractivity contribution in [3.8, 4) is 11.1 Å². The molecule has 3 unspecified atom stereocenters. The van der Waals surface area contributed by atoms with Crippen molar-refractivity contribution in [1.29, 1.82) is 0 Å². The standard InChI is InChI=1S/C20H23N3O/c1-11-19(12(2)24-22-11)15-8-17-18(10-23(3)20(17)21-9-15)16-7-13-4-5-14(16)6-13/h8-10,13-14,16H,4-7H2,1-3H3. The van der Waals surface area contributed by atoms with E-state index in [4.69, 9.17) is 9.51 Å². The summed E-state index contributed by atoms with van der Waals surface area (Å²) in [4.78, 5) is 4.77. The minimum Gasteiger partial charge on any atom is -0.361 e. The van der Waals surface area contributed by atoms with Gasteiger partial charge in [0.05, 0.1) is 5.69 Å². The van der Waals surface area contributed by atoms with E-state index in [1.165, 1.54) is 36.6 Å². The van der Waals surface area contributed by atoms with E-state index in [0.717, 1.165) is 40.1 Å². The fourth-order valence-corrected chi connectivity index (χ4v) is 5.24. The zero-order valence-corrected chi connectivity index (χ0v) is 14.5. The Morgan fingerprint density at radius 1 is 1.21 bits per heavy atom. The fourth-order valence-electron chi connectivity index (χ4n) is 5.24. The first-order valence-electron chi connectivity index (χ1n) is 9.00. The van der Waals surface area contributed by atoms with Gasteiger partial charge < -0.3 is 9.09 Å². The first-order valence-corrected chi connectivity index (χ1v) is 9.00. The Morgan fingerprint density at radius 2 is 2.08 bits per heavy atom. The maximum atomic E-state index is 5.35. The van der Waals surface area contributed by atoms with E-state index in [-0.39, 0.29) is 0 Å². The van der Waals surface area contributed by atoms with E-state index < -0.39 is 0 Å². The highest BCUT2D eigenvalue weighted by Crippen LogP contribution is 2.54. The van der Waals surface area contributed by atoms with Crippen LogP contribution in [0.4, 0.5) is 0 Å². The van der Waals surface area contributed by atoms with Crippen molar-refractivity contribution in [3.63, 3.8) is 0 Å². The van der Waals surface area contributed by atoms with Crippen molar-refractivity contribution in [2.75, 3.05) is 0 Å². The van der Waals surface area contributed by atoms with Gasteiger partial charge in [-0.2, -0.15) is 0 Å². The van der Waals surface area contributed by atoms with Crippen LogP contribution < -0.4 is 0 Å². The summed E-state index contributed by atoms with van der Waals surface area (Å²) in [5, 5.41) is 5.41. The van der Waals surface area contributed by atoms with E-state index in [2.05, 4.69) is 29.0 Å². The first kappa shape index (κ1) is 14.3. The molecule has 0 spiro atoms. The van der Waals surface area contributed by atoms with Crippen molar-refractivity contribution in [1.82, 2.24) is 14.7 Å². The summed E-state index contributed by atoms with van der Waals surface area (Å²) in [6.45, 7) is 3.97. The third-order valence-corrected chi connectivity index (χ3v) is 6.30. The zero-order chi connectivity index (χ0) is 16.4. The molecular formula is C20H23N3O. The highest BCUT2D eigenvalue weighted by atomic mass is 16.5. The van der Waals surface area contributed by atoms with Gasteiger partial charge in [0, 0.05) is 36.0 Å². The lowest BCUT2D eigenvalue weighted by Gasteiger charge is -2.21. The van der Waals surface area contributed by atoms with E-state index in [1.807, 2.05) is 20.0 Å². The topological polar surface area (TPSA) is 43.9 Å². The van der Waals surface area contributed by atoms with Gasteiger partial charge in [0.2, 0.25) is 0 Å². The van der Waals surface area contributed by atoms with Gasteiger partial charge in [-0.1, -0.05) is 11.6 Å². The number of hydrogen-bond donors (Lipinski definition) is 0. The van der Waals surface area contributed by atoms with Crippen LogP contribution in [-0.4, -0.2) is 14.7 Å². The summed E-state index contributed by atoms with van der Waals surface area (Å²) >= 11 is 0. The van der Waals surface area contributed by atoms with Crippen LogP contribution in [0.25, 0.3) is 22.2 Å². The van der Waals surface area contributed by atoms with Crippen LogP contribution in [0.5, 0.6) is 0 Å². The quantitative estimate of drug-likeness (QED) is 0.684. The van der Waals surface area contributed by atoms with Crippen molar-refractivity contribution in [3.05, 3.63) is 35.5 Å². The second-order valence-electron chi connectivity index (χ2n) is 7.77. The number of nitrogens with zero attached hydrogens (tertiary/aromatic N) is 3. The van der Waals surface area contributed by atoms with Crippen LogP contribution in [0.1, 0.15) is 48.6 Å². The maximum absolute atomic E-state index is 5.35. The van der Waals surface area contributed by atoms with Gasteiger partial charge in [-0.05, 0) is 62.5 Å². The molecular weight excluding hydrogens is 298 g/mol. The summed E-state index contributed by atoms with van der Waals surface area (Å²) in [5.41, 5.74) is 5.73.